The zero-order valence-corrected chi connectivity index (χ0v) is 10.0. The third-order valence-corrected chi connectivity index (χ3v) is 2.35. The van der Waals surface area contributed by atoms with Crippen molar-refractivity contribution < 1.29 is 0 Å². The summed E-state index contributed by atoms with van der Waals surface area (Å²) in [5.41, 5.74) is 2.28. The molecule has 0 spiro atoms. The molecule has 0 saturated carbocycles. The van der Waals surface area contributed by atoms with Gasteiger partial charge in [-0.15, -0.1) is 0 Å². The molecule has 1 heterocycles. The molecule has 17 heavy (non-hydrogen) atoms. The van der Waals surface area contributed by atoms with Crippen LogP contribution in [0.5, 0.6) is 0 Å². The fourth-order valence-corrected chi connectivity index (χ4v) is 1.43. The SMILES string of the molecule is CCCn1nnnc1N=Cc1ccc(C)cc1. The van der Waals surface area contributed by atoms with E-state index in [0.717, 1.165) is 18.5 Å². The lowest BCUT2D eigenvalue weighted by Gasteiger charge is -1.97. The first-order valence-corrected chi connectivity index (χ1v) is 5.66. The molecule has 0 saturated heterocycles. The van der Waals surface area contributed by atoms with Crippen molar-refractivity contribution >= 4 is 12.2 Å². The third-order valence-electron chi connectivity index (χ3n) is 2.35. The molecule has 1 aromatic heterocycles. The lowest BCUT2D eigenvalue weighted by atomic mass is 10.2. The van der Waals surface area contributed by atoms with Crippen LogP contribution in [0, 0.1) is 6.92 Å². The molecule has 0 bridgehead atoms. The van der Waals surface area contributed by atoms with Gasteiger partial charge in [0.2, 0.25) is 0 Å². The topological polar surface area (TPSA) is 56.0 Å². The quantitative estimate of drug-likeness (QED) is 0.755. The third kappa shape index (κ3) is 2.96. The van der Waals surface area contributed by atoms with E-state index in [1.54, 1.807) is 10.9 Å². The van der Waals surface area contributed by atoms with E-state index in [0.29, 0.717) is 5.95 Å². The van der Waals surface area contributed by atoms with Crippen LogP contribution in [0.25, 0.3) is 0 Å². The number of rotatable bonds is 4. The first-order valence-electron chi connectivity index (χ1n) is 5.66. The number of aromatic nitrogens is 4. The summed E-state index contributed by atoms with van der Waals surface area (Å²) >= 11 is 0. The molecule has 0 unspecified atom stereocenters. The molecule has 0 atom stereocenters. The van der Waals surface area contributed by atoms with Crippen molar-refractivity contribution in [3.8, 4) is 0 Å². The summed E-state index contributed by atoms with van der Waals surface area (Å²) in [5, 5.41) is 11.4. The van der Waals surface area contributed by atoms with Crippen LogP contribution >= 0.6 is 0 Å². The molecule has 5 nitrogen and oxygen atoms in total. The Morgan fingerprint density at radius 1 is 1.29 bits per heavy atom. The highest BCUT2D eigenvalue weighted by Crippen LogP contribution is 2.06. The smallest absolute Gasteiger partial charge is 0.218 e. The van der Waals surface area contributed by atoms with Crippen molar-refractivity contribution in [2.75, 3.05) is 0 Å². The standard InChI is InChI=1S/C12H15N5/c1-3-8-17-12(14-15-16-17)13-9-11-6-4-10(2)5-7-11/h4-7,9H,3,8H2,1-2H3. The lowest BCUT2D eigenvalue weighted by Crippen LogP contribution is -1.98. The van der Waals surface area contributed by atoms with Crippen LogP contribution in [-0.4, -0.2) is 26.4 Å². The number of nitrogens with zero attached hydrogens (tertiary/aromatic N) is 5. The van der Waals surface area contributed by atoms with Gasteiger partial charge in [0.05, 0.1) is 0 Å². The molecular weight excluding hydrogens is 214 g/mol. The van der Waals surface area contributed by atoms with Gasteiger partial charge >= 0.3 is 0 Å². The predicted molar refractivity (Wildman–Crippen MR) is 66.5 cm³/mol. The van der Waals surface area contributed by atoms with Gasteiger partial charge < -0.3 is 0 Å². The second-order valence-corrected chi connectivity index (χ2v) is 3.87. The van der Waals surface area contributed by atoms with Crippen LogP contribution in [0.1, 0.15) is 24.5 Å². The second kappa shape index (κ2) is 5.34. The minimum Gasteiger partial charge on any atom is -0.218 e. The first kappa shape index (κ1) is 11.4. The highest BCUT2D eigenvalue weighted by atomic mass is 15.6. The van der Waals surface area contributed by atoms with Crippen molar-refractivity contribution in [3.05, 3.63) is 35.4 Å². The van der Waals surface area contributed by atoms with Gasteiger partial charge in [-0.2, -0.15) is 0 Å². The van der Waals surface area contributed by atoms with Crippen LogP contribution in [0.3, 0.4) is 0 Å². The van der Waals surface area contributed by atoms with Crippen molar-refractivity contribution in [2.24, 2.45) is 4.99 Å². The number of aliphatic imine (C=N–C) groups is 1. The maximum Gasteiger partial charge on any atom is 0.269 e. The number of aryl methyl sites for hydroxylation is 2. The molecule has 88 valence electrons. The Morgan fingerprint density at radius 2 is 2.06 bits per heavy atom. The fourth-order valence-electron chi connectivity index (χ4n) is 1.43. The number of hydrogen-bond acceptors (Lipinski definition) is 4. The molecule has 1 aromatic carbocycles. The van der Waals surface area contributed by atoms with Crippen LogP contribution in [-0.2, 0) is 6.54 Å². The first-order chi connectivity index (χ1) is 8.29. The van der Waals surface area contributed by atoms with Crippen LogP contribution < -0.4 is 0 Å². The maximum atomic E-state index is 4.29. The van der Waals surface area contributed by atoms with Gasteiger partial charge in [-0.05, 0) is 29.3 Å². The monoisotopic (exact) mass is 229 g/mol. The van der Waals surface area contributed by atoms with E-state index in [9.17, 15) is 0 Å². The summed E-state index contributed by atoms with van der Waals surface area (Å²) in [4.78, 5) is 4.29. The van der Waals surface area contributed by atoms with E-state index < -0.39 is 0 Å². The number of hydrogen-bond donors (Lipinski definition) is 0. The van der Waals surface area contributed by atoms with E-state index in [1.807, 2.05) is 12.1 Å². The van der Waals surface area contributed by atoms with Crippen molar-refractivity contribution in [1.29, 1.82) is 0 Å². The molecule has 2 aromatic rings. The molecule has 0 aliphatic heterocycles. The summed E-state index contributed by atoms with van der Waals surface area (Å²) in [5.74, 6) is 0.549. The molecule has 0 radical (unpaired) electrons. The Hall–Kier alpha value is -2.04. The molecular formula is C12H15N5. The second-order valence-electron chi connectivity index (χ2n) is 3.87. The Morgan fingerprint density at radius 3 is 2.76 bits per heavy atom. The van der Waals surface area contributed by atoms with E-state index in [4.69, 9.17) is 0 Å². The van der Waals surface area contributed by atoms with Gasteiger partial charge in [-0.3, -0.25) is 0 Å². The Balaban J connectivity index is 2.14. The zero-order valence-electron chi connectivity index (χ0n) is 10.0. The minimum absolute atomic E-state index is 0.549. The number of tetrazole rings is 1. The van der Waals surface area contributed by atoms with Gasteiger partial charge in [0.1, 0.15) is 0 Å². The average molecular weight is 229 g/mol. The Bertz CT molecular complexity index is 498. The van der Waals surface area contributed by atoms with E-state index in [2.05, 4.69) is 46.5 Å². The van der Waals surface area contributed by atoms with Crippen LogP contribution in [0.2, 0.25) is 0 Å². The molecule has 0 N–H and O–H groups in total. The maximum absolute atomic E-state index is 4.29. The summed E-state index contributed by atoms with van der Waals surface area (Å²) in [7, 11) is 0. The minimum atomic E-state index is 0.549. The van der Waals surface area contributed by atoms with Gasteiger partial charge in [0, 0.05) is 12.8 Å². The average Bonchev–Trinajstić information content (AvgIpc) is 2.77. The normalized spacial score (nSPS) is 11.2. The highest BCUT2D eigenvalue weighted by Gasteiger charge is 2.01. The summed E-state index contributed by atoms with van der Waals surface area (Å²) in [6, 6.07) is 8.15. The molecule has 0 amide bonds. The molecule has 0 aliphatic rings. The highest BCUT2D eigenvalue weighted by molar-refractivity contribution is 5.81. The molecule has 0 aliphatic carbocycles. The molecule has 0 fully saturated rings. The zero-order chi connectivity index (χ0) is 12.1. The molecule has 2 rings (SSSR count). The summed E-state index contributed by atoms with van der Waals surface area (Å²) in [6.45, 7) is 4.92. The van der Waals surface area contributed by atoms with Gasteiger partial charge in [0.15, 0.2) is 0 Å². The van der Waals surface area contributed by atoms with E-state index in [1.165, 1.54) is 5.56 Å². The largest absolute Gasteiger partial charge is 0.269 e. The Labute approximate surface area is 100 Å². The van der Waals surface area contributed by atoms with E-state index in [-0.39, 0.29) is 0 Å². The molecule has 5 heteroatoms. The van der Waals surface area contributed by atoms with Crippen molar-refractivity contribution in [1.82, 2.24) is 20.2 Å². The van der Waals surface area contributed by atoms with Gasteiger partial charge in [-0.25, -0.2) is 9.67 Å². The predicted octanol–water partition coefficient (Wildman–Crippen LogP) is 2.14. The van der Waals surface area contributed by atoms with Crippen LogP contribution in [0.4, 0.5) is 5.95 Å². The number of benzene rings is 1. The van der Waals surface area contributed by atoms with Crippen molar-refractivity contribution in [2.45, 2.75) is 26.8 Å². The lowest BCUT2D eigenvalue weighted by molar-refractivity contribution is 0.582. The van der Waals surface area contributed by atoms with Crippen LogP contribution in [0.15, 0.2) is 29.3 Å². The summed E-state index contributed by atoms with van der Waals surface area (Å²) in [6.07, 6.45) is 2.76. The summed E-state index contributed by atoms with van der Waals surface area (Å²) < 4.78 is 1.70. The Kier molecular flexibility index (Phi) is 3.59. The fraction of sp³-hybridized carbons (Fsp3) is 0.333. The van der Waals surface area contributed by atoms with E-state index >= 15 is 0 Å². The van der Waals surface area contributed by atoms with Crippen molar-refractivity contribution in [3.63, 3.8) is 0 Å². The van der Waals surface area contributed by atoms with Gasteiger partial charge in [0.25, 0.3) is 5.95 Å². The van der Waals surface area contributed by atoms with Gasteiger partial charge in [-0.1, -0.05) is 41.9 Å².